The number of rotatable bonds is 21. The highest BCUT2D eigenvalue weighted by atomic mass is 127. The number of pyridine rings is 3. The molecule has 3 atom stereocenters. The van der Waals surface area contributed by atoms with E-state index in [0.717, 1.165) is 55.9 Å². The van der Waals surface area contributed by atoms with Crippen molar-refractivity contribution >= 4 is 151 Å². The first-order valence-corrected chi connectivity index (χ1v) is 48.2. The van der Waals surface area contributed by atoms with E-state index >= 15 is 0 Å². The number of anilines is 2. The second-order valence-corrected chi connectivity index (χ2v) is 46.4. The molecule has 0 bridgehead atoms. The molecule has 44 heteroatoms. The molecular weight excluding hydrogens is 1900 g/mol. The summed E-state index contributed by atoms with van der Waals surface area (Å²) in [7, 11) is -22.3. The van der Waals surface area contributed by atoms with Gasteiger partial charge in [0.25, 0.3) is 0 Å². The third-order valence-electron chi connectivity index (χ3n) is 17.1. The van der Waals surface area contributed by atoms with Crippen molar-refractivity contribution in [2.75, 3.05) is 48.2 Å². The minimum absolute atomic E-state index is 0.00233. The summed E-state index contributed by atoms with van der Waals surface area (Å²) in [5.74, 6) is 6.47. The number of hydrogen-bond acceptors (Lipinski definition) is 22. The Labute approximate surface area is 720 Å². The molecule has 0 fully saturated rings. The van der Waals surface area contributed by atoms with Gasteiger partial charge in [-0.1, -0.05) is 106 Å². The number of benzene rings is 3. The summed E-state index contributed by atoms with van der Waals surface area (Å²) in [6.07, 6.45) is -8.35. The number of aromatic nitrogens is 4. The quantitative estimate of drug-likeness (QED) is 0.0221. The van der Waals surface area contributed by atoms with E-state index in [0.29, 0.717) is 20.2 Å². The maximum absolute atomic E-state index is 14.3. The van der Waals surface area contributed by atoms with Crippen LogP contribution in [0.25, 0.3) is 10.9 Å². The zero-order chi connectivity index (χ0) is 93.0. The first kappa shape index (κ1) is 105. The average Bonchev–Trinajstić information content (AvgIpc) is 1.03. The van der Waals surface area contributed by atoms with E-state index < -0.39 is 178 Å². The van der Waals surface area contributed by atoms with Crippen LogP contribution in [0.3, 0.4) is 0 Å². The zero-order valence-electron chi connectivity index (χ0n) is 67.6. The molecule has 3 aromatic carbocycles. The molecule has 7 rings (SSSR count). The van der Waals surface area contributed by atoms with E-state index in [1.807, 2.05) is 28.5 Å². The fourth-order valence-electron chi connectivity index (χ4n) is 11.9. The first-order valence-electron chi connectivity index (χ1n) is 34.6. The molecule has 0 spiro atoms. The van der Waals surface area contributed by atoms with Crippen LogP contribution in [-0.4, -0.2) is 182 Å². The number of aromatic amines is 1. The van der Waals surface area contributed by atoms with Gasteiger partial charge in [0.05, 0.1) is 55.7 Å². The van der Waals surface area contributed by atoms with E-state index in [9.17, 15) is 115 Å². The first-order chi connectivity index (χ1) is 53.6. The third-order valence-corrected chi connectivity index (χ3v) is 25.1. The van der Waals surface area contributed by atoms with Gasteiger partial charge < -0.3 is 29.8 Å². The summed E-state index contributed by atoms with van der Waals surface area (Å²) in [5, 5.41) is 36.6. The van der Waals surface area contributed by atoms with Crippen molar-refractivity contribution in [3.05, 3.63) is 144 Å². The molecule has 25 nitrogen and oxygen atoms in total. The largest absolute Gasteiger partial charge is 0.444 e. The fourth-order valence-corrected chi connectivity index (χ4v) is 18.4. The summed E-state index contributed by atoms with van der Waals surface area (Å²) in [6.45, 7) is 18.4. The molecule has 0 saturated heterocycles. The molecule has 7 aromatic rings. The standard InChI is InChI=1S/C27H32ClF3N2O7S2.C22H24ClF3N2O5S2.C16H18ClF3O3S.C11H15IN2O4S/c1-24(2,3)40-23(34)33-20-15-32-22(42(7,38)39)13-17(20)9-8-12-26(35,27(29,30)31)16-25(4,5)19-11-10-18(28)14-21(19)41(6,36)37;1-20(2,16-6-5-14(23)9-18(16)34(3,30)31)12-21(29,22(24,25)26)10-15-7-13-8-19(35(4,32)33)27-11-17(13)28-15;1-5-8-15(21,16(18,19)20)10-14(2,3)12-7-6-11(17)9-13(12)24(4,22)23;1-11(2,3)18-10(15)14-8-6-13-9(5-7(8)12)19(4,16)17/h10-11,13-15,35H,12,16H2,1-7H3,(H,33,34);5-9,11,28-29H,10,12H2,1-4H3;1,6-7,9,21H,8,10H2,2-4H3;5-6H,1-4H3,(H,14,15)/t26-;21-;15-;/m000./s1. The predicted molar refractivity (Wildman–Crippen MR) is 445 cm³/mol. The van der Waals surface area contributed by atoms with Crippen LogP contribution in [0.4, 0.5) is 60.5 Å². The molecule has 0 saturated carbocycles. The molecular formula is C76H89Cl3F9IN6O19S6. The lowest BCUT2D eigenvalue weighted by molar-refractivity contribution is -0.266. The Morgan fingerprint density at radius 1 is 0.467 bits per heavy atom. The van der Waals surface area contributed by atoms with Crippen LogP contribution in [0, 0.1) is 27.8 Å². The van der Waals surface area contributed by atoms with Crippen molar-refractivity contribution in [3.63, 3.8) is 0 Å². The van der Waals surface area contributed by atoms with Crippen LogP contribution in [-0.2, 0) is 91.2 Å². The summed E-state index contributed by atoms with van der Waals surface area (Å²) >= 11 is 19.6. The number of hydrogen-bond donors (Lipinski definition) is 6. The normalized spacial score (nSPS) is 14.5. The molecule has 0 radical (unpaired) electrons. The lowest BCUT2D eigenvalue weighted by atomic mass is 9.73. The number of carbonyl (C=O) groups is 2. The highest BCUT2D eigenvalue weighted by Gasteiger charge is 2.59. The number of amides is 2. The van der Waals surface area contributed by atoms with Gasteiger partial charge in [-0.3, -0.25) is 10.6 Å². The SMILES string of the molecule is C#CC[C@](O)(CC(C)(C)c1ccc(Cl)cc1S(C)(=O)=O)C(F)(F)F.CC(C)(C)OC(=O)Nc1cnc(S(C)(=O)=O)cc1C#CC[C@](O)(CC(C)(C)c1ccc(Cl)cc1S(C)(=O)=O)C(F)(F)F.CC(C)(C)OC(=O)Nc1cnc(S(C)(=O)=O)cc1I.CC(C)(C[C@@](O)(Cc1cc2cc(S(C)(=O)=O)ncc2[nH]1)C(F)(F)F)c1ccc(Cl)cc1S(C)(=O)=O. The van der Waals surface area contributed by atoms with Crippen molar-refractivity contribution in [2.45, 2.75) is 214 Å². The molecule has 120 heavy (non-hydrogen) atoms. The number of fused-ring (bicyclic) bond motifs is 1. The molecule has 4 heterocycles. The van der Waals surface area contributed by atoms with E-state index in [2.05, 4.69) is 42.4 Å². The highest BCUT2D eigenvalue weighted by molar-refractivity contribution is 14.1. The smallest absolute Gasteiger partial charge is 0.418 e. The third kappa shape index (κ3) is 29.8. The van der Waals surface area contributed by atoms with Gasteiger partial charge in [0.2, 0.25) is 0 Å². The lowest BCUT2D eigenvalue weighted by Crippen LogP contribution is -2.51. The predicted octanol–water partition coefficient (Wildman–Crippen LogP) is 15.7. The zero-order valence-corrected chi connectivity index (χ0v) is 77.0. The summed E-state index contributed by atoms with van der Waals surface area (Å²) < 4.78 is 280. The Kier molecular flexibility index (Phi) is 33.1. The van der Waals surface area contributed by atoms with Gasteiger partial charge in [-0.25, -0.2) is 75.0 Å². The summed E-state index contributed by atoms with van der Waals surface area (Å²) in [6, 6.07) is 16.5. The molecule has 0 unspecified atom stereocenters. The summed E-state index contributed by atoms with van der Waals surface area (Å²) in [5.41, 5.74) is -15.0. The molecule has 0 aliphatic rings. The van der Waals surface area contributed by atoms with Gasteiger partial charge in [-0.2, -0.15) is 39.5 Å². The monoisotopic (exact) mass is 1980 g/mol. The Bertz CT molecular complexity index is 5870. The van der Waals surface area contributed by atoms with Crippen LogP contribution in [0.5, 0.6) is 0 Å². The highest BCUT2D eigenvalue weighted by Crippen LogP contribution is 2.49. The number of sulfone groups is 6. The lowest BCUT2D eigenvalue weighted by Gasteiger charge is -2.38. The number of alkyl halides is 9. The van der Waals surface area contributed by atoms with Crippen molar-refractivity contribution in [3.8, 4) is 24.2 Å². The number of H-pyrrole nitrogens is 1. The van der Waals surface area contributed by atoms with Gasteiger partial charge in [0.15, 0.2) is 90.9 Å². The number of nitrogens with one attached hydrogen (secondary N) is 3. The Hall–Kier alpha value is -7.14. The van der Waals surface area contributed by atoms with Crippen LogP contribution < -0.4 is 10.6 Å². The number of ether oxygens (including phenoxy) is 2. The number of halogens is 13. The van der Waals surface area contributed by atoms with Gasteiger partial charge in [-0.05, 0) is 177 Å². The van der Waals surface area contributed by atoms with Crippen LogP contribution in [0.15, 0.2) is 127 Å². The number of aliphatic hydroxyl groups is 3. The van der Waals surface area contributed by atoms with Crippen LogP contribution >= 0.6 is 57.4 Å². The maximum Gasteiger partial charge on any atom is 0.418 e. The number of carbonyl (C=O) groups excluding carboxylic acids is 2. The molecule has 664 valence electrons. The van der Waals surface area contributed by atoms with Crippen molar-refractivity contribution in [2.24, 2.45) is 0 Å². The fraction of sp³-hybridized carbons (Fsp3) is 0.461. The Morgan fingerprint density at radius 3 is 1.12 bits per heavy atom. The van der Waals surface area contributed by atoms with Crippen LogP contribution in [0.1, 0.15) is 143 Å². The number of nitrogens with zero attached hydrogens (tertiary/aromatic N) is 3. The van der Waals surface area contributed by atoms with Crippen molar-refractivity contribution < 1.29 is 124 Å². The van der Waals surface area contributed by atoms with E-state index in [1.165, 1.54) is 121 Å². The van der Waals surface area contributed by atoms with Gasteiger partial charge in [-0.15, -0.1) is 12.3 Å². The topological polar surface area (TPSA) is 397 Å². The minimum atomic E-state index is -5.20. The minimum Gasteiger partial charge on any atom is -0.444 e. The maximum atomic E-state index is 14.3. The molecule has 6 N–H and O–H groups in total. The molecule has 2 amide bonds. The van der Waals surface area contributed by atoms with Crippen molar-refractivity contribution in [1.82, 2.24) is 19.9 Å². The average molecular weight is 1990 g/mol. The van der Waals surface area contributed by atoms with E-state index in [-0.39, 0.29) is 73.4 Å². The van der Waals surface area contributed by atoms with Gasteiger partial charge in [0.1, 0.15) is 11.2 Å². The second-order valence-electron chi connectivity index (χ2n) is 32.1. The van der Waals surface area contributed by atoms with E-state index in [1.54, 1.807) is 41.5 Å². The van der Waals surface area contributed by atoms with E-state index in [4.69, 9.17) is 50.7 Å². The molecule has 4 aromatic heterocycles. The Balaban J connectivity index is 0.000000350. The van der Waals surface area contributed by atoms with Crippen molar-refractivity contribution in [1.29, 1.82) is 0 Å². The molecule has 0 aliphatic carbocycles. The summed E-state index contributed by atoms with van der Waals surface area (Å²) in [4.78, 5) is 37.3. The second kappa shape index (κ2) is 37.7. The molecule has 0 aliphatic heterocycles. The number of terminal acetylenes is 1. The van der Waals surface area contributed by atoms with Gasteiger partial charge >= 0.3 is 30.7 Å². The Morgan fingerprint density at radius 2 is 0.792 bits per heavy atom. The van der Waals surface area contributed by atoms with Crippen LogP contribution in [0.2, 0.25) is 15.1 Å². The van der Waals surface area contributed by atoms with Gasteiger partial charge in [0, 0.05) is 86.5 Å².